The van der Waals surface area contributed by atoms with E-state index in [-0.39, 0.29) is 11.5 Å². The third kappa shape index (κ3) is 2.32. The van der Waals surface area contributed by atoms with Gasteiger partial charge in [0.05, 0.1) is 6.61 Å². The Morgan fingerprint density at radius 2 is 2.21 bits per heavy atom. The van der Waals surface area contributed by atoms with Gasteiger partial charge in [0, 0.05) is 10.0 Å². The molecule has 1 aromatic rings. The number of Topliss-reactive ketones (excluding diaryl/α,β-unsaturated/α-hetero) is 1. The molecule has 1 rings (SSSR count). The van der Waals surface area contributed by atoms with Crippen LogP contribution in [-0.4, -0.2) is 12.4 Å². The van der Waals surface area contributed by atoms with E-state index in [1.165, 1.54) is 19.1 Å². The topological polar surface area (TPSA) is 26.3 Å². The molecule has 0 aliphatic rings. The van der Waals surface area contributed by atoms with E-state index in [1.807, 2.05) is 0 Å². The number of halogens is 2. The van der Waals surface area contributed by atoms with E-state index < -0.39 is 5.82 Å². The van der Waals surface area contributed by atoms with Gasteiger partial charge in [-0.1, -0.05) is 0 Å². The van der Waals surface area contributed by atoms with Crippen LogP contribution in [0.5, 0.6) is 5.75 Å². The molecule has 0 bridgehead atoms. The summed E-state index contributed by atoms with van der Waals surface area (Å²) in [5.74, 6) is -0.484. The fraction of sp³-hybridized carbons (Fsp3) is 0.300. The smallest absolute Gasteiger partial charge is 0.166 e. The first kappa shape index (κ1) is 11.2. The van der Waals surface area contributed by atoms with Gasteiger partial charge in [-0.15, -0.1) is 0 Å². The van der Waals surface area contributed by atoms with Gasteiger partial charge in [-0.05, 0) is 41.9 Å². The van der Waals surface area contributed by atoms with Crippen molar-refractivity contribution in [2.75, 3.05) is 6.61 Å². The molecule has 0 amide bonds. The molecule has 0 spiro atoms. The first-order valence-corrected chi connectivity index (χ1v) is 4.98. The van der Waals surface area contributed by atoms with Crippen molar-refractivity contribution in [2.45, 2.75) is 13.8 Å². The molecule has 0 atom stereocenters. The van der Waals surface area contributed by atoms with Crippen LogP contribution in [0.3, 0.4) is 0 Å². The Labute approximate surface area is 90.2 Å². The lowest BCUT2D eigenvalue weighted by Crippen LogP contribution is -2.00. The van der Waals surface area contributed by atoms with Crippen molar-refractivity contribution < 1.29 is 13.9 Å². The monoisotopic (exact) mass is 260 g/mol. The molecule has 1 aromatic carbocycles. The summed E-state index contributed by atoms with van der Waals surface area (Å²) in [5, 5.41) is 0. The van der Waals surface area contributed by atoms with Crippen molar-refractivity contribution in [3.63, 3.8) is 0 Å². The molecule has 0 heterocycles. The van der Waals surface area contributed by atoms with Gasteiger partial charge in [0.15, 0.2) is 17.3 Å². The van der Waals surface area contributed by atoms with E-state index in [9.17, 15) is 9.18 Å². The summed E-state index contributed by atoms with van der Waals surface area (Å²) >= 11 is 3.12. The van der Waals surface area contributed by atoms with Gasteiger partial charge < -0.3 is 4.74 Å². The Kier molecular flexibility index (Phi) is 3.63. The maximum absolute atomic E-state index is 13.2. The molecule has 4 heteroatoms. The lowest BCUT2D eigenvalue weighted by molar-refractivity contribution is 0.101. The van der Waals surface area contributed by atoms with Gasteiger partial charge in [0.1, 0.15) is 0 Å². The lowest BCUT2D eigenvalue weighted by atomic mass is 10.1. The minimum absolute atomic E-state index is 0.112. The summed E-state index contributed by atoms with van der Waals surface area (Å²) in [6, 6.07) is 2.65. The summed E-state index contributed by atoms with van der Waals surface area (Å²) < 4.78 is 18.7. The Morgan fingerprint density at radius 1 is 1.57 bits per heavy atom. The van der Waals surface area contributed by atoms with Gasteiger partial charge in [-0.25, -0.2) is 4.39 Å². The van der Waals surface area contributed by atoms with E-state index in [4.69, 9.17) is 4.74 Å². The summed E-state index contributed by atoms with van der Waals surface area (Å²) in [6.07, 6.45) is 0. The largest absolute Gasteiger partial charge is 0.491 e. The van der Waals surface area contributed by atoms with Crippen molar-refractivity contribution in [3.05, 3.63) is 28.0 Å². The fourth-order valence-corrected chi connectivity index (χ4v) is 1.66. The van der Waals surface area contributed by atoms with Crippen LogP contribution in [-0.2, 0) is 0 Å². The molecular formula is C10H10BrFO2. The molecule has 2 nitrogen and oxygen atoms in total. The number of benzene rings is 1. The van der Waals surface area contributed by atoms with E-state index in [2.05, 4.69) is 15.9 Å². The highest BCUT2D eigenvalue weighted by atomic mass is 79.9. The SMILES string of the molecule is CCOc1cc(C(C)=O)c(Br)cc1F. The number of ether oxygens (including phenoxy) is 1. The maximum atomic E-state index is 13.2. The fourth-order valence-electron chi connectivity index (χ4n) is 1.07. The van der Waals surface area contributed by atoms with Gasteiger partial charge in [0.25, 0.3) is 0 Å². The molecule has 0 unspecified atom stereocenters. The van der Waals surface area contributed by atoms with E-state index in [0.29, 0.717) is 16.6 Å². The first-order valence-electron chi connectivity index (χ1n) is 4.19. The van der Waals surface area contributed by atoms with Gasteiger partial charge >= 0.3 is 0 Å². The zero-order chi connectivity index (χ0) is 10.7. The summed E-state index contributed by atoms with van der Waals surface area (Å²) in [7, 11) is 0. The summed E-state index contributed by atoms with van der Waals surface area (Å²) in [6.45, 7) is 3.55. The van der Waals surface area contributed by atoms with Crippen LogP contribution in [0.2, 0.25) is 0 Å². The predicted octanol–water partition coefficient (Wildman–Crippen LogP) is 3.19. The molecule has 0 fully saturated rings. The Balaban J connectivity index is 3.20. The minimum Gasteiger partial charge on any atom is -0.491 e. The third-order valence-corrected chi connectivity index (χ3v) is 2.36. The van der Waals surface area contributed by atoms with Crippen LogP contribution in [0, 0.1) is 5.82 Å². The molecule has 0 saturated carbocycles. The quantitative estimate of drug-likeness (QED) is 0.781. The Hall–Kier alpha value is -0.900. The van der Waals surface area contributed by atoms with Gasteiger partial charge in [0.2, 0.25) is 0 Å². The second kappa shape index (κ2) is 4.55. The highest BCUT2D eigenvalue weighted by molar-refractivity contribution is 9.10. The molecule has 0 aliphatic heterocycles. The maximum Gasteiger partial charge on any atom is 0.166 e. The highest BCUT2D eigenvalue weighted by Gasteiger charge is 2.11. The van der Waals surface area contributed by atoms with Crippen LogP contribution in [0.1, 0.15) is 24.2 Å². The molecule has 14 heavy (non-hydrogen) atoms. The lowest BCUT2D eigenvalue weighted by Gasteiger charge is -2.07. The number of carbonyl (C=O) groups excluding carboxylic acids is 1. The molecule has 0 saturated heterocycles. The molecule has 0 aromatic heterocycles. The second-order valence-corrected chi connectivity index (χ2v) is 3.61. The molecule has 0 radical (unpaired) electrons. The van der Waals surface area contributed by atoms with Crippen LogP contribution in [0.25, 0.3) is 0 Å². The van der Waals surface area contributed by atoms with Gasteiger partial charge in [-0.2, -0.15) is 0 Å². The van der Waals surface area contributed by atoms with Crippen LogP contribution in [0.15, 0.2) is 16.6 Å². The standard InChI is InChI=1S/C10H10BrFO2/c1-3-14-10-4-7(6(2)13)8(11)5-9(10)12/h4-5H,3H2,1-2H3. The second-order valence-electron chi connectivity index (χ2n) is 2.75. The van der Waals surface area contributed by atoms with Crippen molar-refractivity contribution in [3.8, 4) is 5.75 Å². The molecule has 76 valence electrons. The first-order chi connectivity index (χ1) is 6.56. The van der Waals surface area contributed by atoms with E-state index in [0.717, 1.165) is 0 Å². The van der Waals surface area contributed by atoms with Crippen LogP contribution < -0.4 is 4.74 Å². The summed E-state index contributed by atoms with van der Waals surface area (Å²) in [5.41, 5.74) is 0.426. The normalized spacial score (nSPS) is 10.0. The molecule has 0 aliphatic carbocycles. The highest BCUT2D eigenvalue weighted by Crippen LogP contribution is 2.26. The molecular weight excluding hydrogens is 251 g/mol. The average molecular weight is 261 g/mol. The van der Waals surface area contributed by atoms with Crippen molar-refractivity contribution in [1.82, 2.24) is 0 Å². The number of ketones is 1. The van der Waals surface area contributed by atoms with Crippen molar-refractivity contribution >= 4 is 21.7 Å². The third-order valence-electron chi connectivity index (χ3n) is 1.70. The van der Waals surface area contributed by atoms with Crippen LogP contribution in [0.4, 0.5) is 4.39 Å². The average Bonchev–Trinajstić information content (AvgIpc) is 2.09. The summed E-state index contributed by atoms with van der Waals surface area (Å²) in [4.78, 5) is 11.1. The number of carbonyl (C=O) groups is 1. The van der Waals surface area contributed by atoms with Gasteiger partial charge in [-0.3, -0.25) is 4.79 Å². The zero-order valence-electron chi connectivity index (χ0n) is 7.93. The van der Waals surface area contributed by atoms with Crippen molar-refractivity contribution in [2.24, 2.45) is 0 Å². The zero-order valence-corrected chi connectivity index (χ0v) is 9.52. The number of hydrogen-bond donors (Lipinski definition) is 0. The van der Waals surface area contributed by atoms with E-state index >= 15 is 0 Å². The minimum atomic E-state index is -0.469. The number of rotatable bonds is 3. The van der Waals surface area contributed by atoms with Crippen LogP contribution >= 0.6 is 15.9 Å². The van der Waals surface area contributed by atoms with Crippen molar-refractivity contribution in [1.29, 1.82) is 0 Å². The predicted molar refractivity (Wildman–Crippen MR) is 55.3 cm³/mol. The number of hydrogen-bond acceptors (Lipinski definition) is 2. The molecule has 0 N–H and O–H groups in total. The Bertz CT molecular complexity index is 363. The Morgan fingerprint density at radius 3 is 2.71 bits per heavy atom. The van der Waals surface area contributed by atoms with E-state index in [1.54, 1.807) is 6.92 Å².